The van der Waals surface area contributed by atoms with Crippen molar-refractivity contribution >= 4 is 17.3 Å². The van der Waals surface area contributed by atoms with Crippen LogP contribution in [0.4, 0.5) is 11.4 Å². The maximum absolute atomic E-state index is 13.0. The van der Waals surface area contributed by atoms with Crippen molar-refractivity contribution in [1.29, 1.82) is 0 Å². The number of para-hydroxylation sites is 2. The molecule has 24 heavy (non-hydrogen) atoms. The van der Waals surface area contributed by atoms with Gasteiger partial charge in [-0.2, -0.15) is 0 Å². The number of hydrogen-bond acceptors (Lipinski definition) is 3. The number of carbonyl (C=O) groups is 1. The van der Waals surface area contributed by atoms with E-state index in [4.69, 9.17) is 4.42 Å². The highest BCUT2D eigenvalue weighted by Crippen LogP contribution is 2.36. The Hall–Kier alpha value is -3.27. The van der Waals surface area contributed by atoms with Crippen LogP contribution in [-0.4, -0.2) is 5.91 Å². The number of nitrogens with zero attached hydrogens (tertiary/aromatic N) is 1. The Morgan fingerprint density at radius 3 is 2.25 bits per heavy atom. The van der Waals surface area contributed by atoms with Crippen molar-refractivity contribution in [3.8, 4) is 0 Å². The molecule has 118 valence electrons. The minimum atomic E-state index is -0.263. The third-order valence-electron chi connectivity index (χ3n) is 3.97. The Balaban J connectivity index is 1.71. The van der Waals surface area contributed by atoms with E-state index in [-0.39, 0.29) is 11.9 Å². The predicted molar refractivity (Wildman–Crippen MR) is 93.5 cm³/mol. The Labute approximate surface area is 140 Å². The van der Waals surface area contributed by atoms with Crippen LogP contribution in [0.1, 0.15) is 11.8 Å². The van der Waals surface area contributed by atoms with Crippen LogP contribution in [0.2, 0.25) is 0 Å². The molecule has 1 aromatic heterocycles. The molecule has 4 rings (SSSR count). The molecule has 1 aliphatic rings. The van der Waals surface area contributed by atoms with Gasteiger partial charge in [0.25, 0.3) is 5.91 Å². The highest BCUT2D eigenvalue weighted by Gasteiger charge is 2.36. The molecule has 1 N–H and O–H groups in total. The number of nitrogens with one attached hydrogen (secondary N) is 1. The minimum absolute atomic E-state index is 0.0774. The normalized spacial score (nSPS) is 17.0. The summed E-state index contributed by atoms with van der Waals surface area (Å²) in [5, 5.41) is 3.21. The smallest absolute Gasteiger partial charge is 0.275 e. The summed E-state index contributed by atoms with van der Waals surface area (Å²) < 4.78 is 5.55. The third-order valence-corrected chi connectivity index (χ3v) is 3.97. The molecule has 0 radical (unpaired) electrons. The lowest BCUT2D eigenvalue weighted by atomic mass is 10.2. The molecule has 0 aliphatic carbocycles. The second kappa shape index (κ2) is 6.08. The predicted octanol–water partition coefficient (Wildman–Crippen LogP) is 4.36. The van der Waals surface area contributed by atoms with Crippen molar-refractivity contribution < 1.29 is 9.21 Å². The van der Waals surface area contributed by atoms with Crippen molar-refractivity contribution in [1.82, 2.24) is 0 Å². The van der Waals surface area contributed by atoms with Crippen molar-refractivity contribution in [2.75, 3.05) is 10.2 Å². The Bertz CT molecular complexity index is 855. The molecule has 4 nitrogen and oxygen atoms in total. The van der Waals surface area contributed by atoms with E-state index in [9.17, 15) is 4.79 Å². The lowest BCUT2D eigenvalue weighted by molar-refractivity contribution is -0.114. The van der Waals surface area contributed by atoms with Gasteiger partial charge in [-0.1, -0.05) is 36.4 Å². The molecule has 2 aromatic carbocycles. The van der Waals surface area contributed by atoms with E-state index in [0.717, 1.165) is 17.1 Å². The van der Waals surface area contributed by atoms with Crippen LogP contribution in [0.25, 0.3) is 0 Å². The van der Waals surface area contributed by atoms with Crippen LogP contribution >= 0.6 is 0 Å². The highest BCUT2D eigenvalue weighted by molar-refractivity contribution is 6.10. The summed E-state index contributed by atoms with van der Waals surface area (Å²) in [5.74, 6) is 0.656. The molecule has 1 atom stereocenters. The number of hydrogen-bond donors (Lipinski definition) is 1. The van der Waals surface area contributed by atoms with E-state index >= 15 is 0 Å². The number of benzene rings is 2. The fourth-order valence-electron chi connectivity index (χ4n) is 2.87. The van der Waals surface area contributed by atoms with Gasteiger partial charge in [-0.15, -0.1) is 0 Å². The summed E-state index contributed by atoms with van der Waals surface area (Å²) in [6, 6.07) is 22.7. The quantitative estimate of drug-likeness (QED) is 0.777. The molecule has 0 spiro atoms. The summed E-state index contributed by atoms with van der Waals surface area (Å²) in [6.07, 6.45) is 3.53. The number of amides is 1. The van der Waals surface area contributed by atoms with Gasteiger partial charge in [0.1, 0.15) is 17.5 Å². The monoisotopic (exact) mass is 316 g/mol. The van der Waals surface area contributed by atoms with Crippen LogP contribution < -0.4 is 10.2 Å². The third kappa shape index (κ3) is 2.58. The zero-order chi connectivity index (χ0) is 16.4. The first-order valence-corrected chi connectivity index (χ1v) is 7.79. The fourth-order valence-corrected chi connectivity index (χ4v) is 2.87. The molecule has 3 aromatic rings. The number of furan rings is 1. The molecule has 1 aliphatic heterocycles. The topological polar surface area (TPSA) is 45.5 Å². The zero-order valence-electron chi connectivity index (χ0n) is 12.9. The first kappa shape index (κ1) is 14.3. The Morgan fingerprint density at radius 1 is 0.875 bits per heavy atom. The maximum Gasteiger partial charge on any atom is 0.275 e. The lowest BCUT2D eigenvalue weighted by Crippen LogP contribution is -2.30. The van der Waals surface area contributed by atoms with E-state index in [0.29, 0.717) is 5.70 Å². The largest absolute Gasteiger partial charge is 0.467 e. The average molecular weight is 316 g/mol. The van der Waals surface area contributed by atoms with E-state index in [2.05, 4.69) is 5.32 Å². The van der Waals surface area contributed by atoms with Gasteiger partial charge in [-0.25, -0.2) is 0 Å². The van der Waals surface area contributed by atoms with Crippen molar-refractivity contribution in [3.05, 3.63) is 96.6 Å². The first-order chi connectivity index (χ1) is 11.8. The summed E-state index contributed by atoms with van der Waals surface area (Å²) in [7, 11) is 0. The fraction of sp³-hybridized carbons (Fsp3) is 0.0500. The summed E-state index contributed by atoms with van der Waals surface area (Å²) in [4.78, 5) is 14.7. The van der Waals surface area contributed by atoms with Crippen molar-refractivity contribution in [3.63, 3.8) is 0 Å². The summed E-state index contributed by atoms with van der Waals surface area (Å²) in [5.41, 5.74) is 2.27. The van der Waals surface area contributed by atoms with Gasteiger partial charge in [0.2, 0.25) is 0 Å². The molecular weight excluding hydrogens is 300 g/mol. The van der Waals surface area contributed by atoms with E-state index < -0.39 is 0 Å². The minimum Gasteiger partial charge on any atom is -0.467 e. The molecular formula is C20H16N2O2. The van der Waals surface area contributed by atoms with Gasteiger partial charge in [-0.05, 0) is 42.5 Å². The lowest BCUT2D eigenvalue weighted by Gasteiger charge is -2.23. The molecule has 1 unspecified atom stereocenters. The maximum atomic E-state index is 13.0. The Morgan fingerprint density at radius 2 is 1.58 bits per heavy atom. The van der Waals surface area contributed by atoms with Crippen LogP contribution in [0.3, 0.4) is 0 Å². The van der Waals surface area contributed by atoms with Crippen molar-refractivity contribution in [2.24, 2.45) is 0 Å². The van der Waals surface area contributed by atoms with Crippen LogP contribution in [0.15, 0.2) is 95.2 Å². The molecule has 1 amide bonds. The number of rotatable bonds is 4. The van der Waals surface area contributed by atoms with Gasteiger partial charge in [0.15, 0.2) is 0 Å². The van der Waals surface area contributed by atoms with E-state index in [1.165, 1.54) is 0 Å². The second-order valence-corrected chi connectivity index (χ2v) is 5.54. The second-order valence-electron chi connectivity index (χ2n) is 5.54. The van der Waals surface area contributed by atoms with Gasteiger partial charge >= 0.3 is 0 Å². The van der Waals surface area contributed by atoms with E-state index in [1.54, 1.807) is 11.2 Å². The molecule has 2 heterocycles. The SMILES string of the molecule is O=C1C(Nc2ccccc2)=CC(c2ccco2)N1c1ccccc1. The standard InChI is InChI=1S/C20H16N2O2/c23-20-17(21-15-8-3-1-4-9-15)14-18(19-12-7-13-24-19)22(20)16-10-5-2-6-11-16/h1-14,18,21H. The van der Waals surface area contributed by atoms with Crippen LogP contribution in [0, 0.1) is 0 Å². The summed E-state index contributed by atoms with van der Waals surface area (Å²) >= 11 is 0. The number of carbonyl (C=O) groups excluding carboxylic acids is 1. The molecule has 0 bridgehead atoms. The van der Waals surface area contributed by atoms with Crippen LogP contribution in [-0.2, 0) is 4.79 Å². The Kier molecular flexibility index (Phi) is 3.63. The van der Waals surface area contributed by atoms with Gasteiger partial charge in [0, 0.05) is 11.4 Å². The molecule has 0 fully saturated rings. The van der Waals surface area contributed by atoms with Gasteiger partial charge in [0.05, 0.1) is 6.26 Å². The molecule has 4 heteroatoms. The summed E-state index contributed by atoms with van der Waals surface area (Å²) in [6.45, 7) is 0. The molecule has 0 saturated carbocycles. The molecule has 0 saturated heterocycles. The van der Waals surface area contributed by atoms with Crippen molar-refractivity contribution in [2.45, 2.75) is 6.04 Å². The zero-order valence-corrected chi connectivity index (χ0v) is 12.9. The average Bonchev–Trinajstić information content (AvgIpc) is 3.26. The van der Waals surface area contributed by atoms with Gasteiger partial charge < -0.3 is 9.73 Å². The van der Waals surface area contributed by atoms with Crippen LogP contribution in [0.5, 0.6) is 0 Å². The van der Waals surface area contributed by atoms with Gasteiger partial charge in [-0.3, -0.25) is 9.69 Å². The number of anilines is 2. The highest BCUT2D eigenvalue weighted by atomic mass is 16.3. The first-order valence-electron chi connectivity index (χ1n) is 7.79. The van der Waals surface area contributed by atoms with E-state index in [1.807, 2.05) is 78.9 Å².